The number of ether oxygens (including phenoxy) is 1. The van der Waals surface area contributed by atoms with Gasteiger partial charge in [-0.25, -0.2) is 0 Å². The van der Waals surface area contributed by atoms with Crippen molar-refractivity contribution in [2.24, 2.45) is 5.73 Å². The van der Waals surface area contributed by atoms with Crippen LogP contribution in [0, 0.1) is 0 Å². The van der Waals surface area contributed by atoms with E-state index in [2.05, 4.69) is 15.4 Å². The monoisotopic (exact) mass is 395 g/mol. The highest BCUT2D eigenvalue weighted by Gasteiger charge is 2.15. The van der Waals surface area contributed by atoms with E-state index in [1.165, 1.54) is 0 Å². The highest BCUT2D eigenvalue weighted by molar-refractivity contribution is 7.98. The Morgan fingerprint density at radius 3 is 2.62 bits per heavy atom. The summed E-state index contributed by atoms with van der Waals surface area (Å²) in [4.78, 5) is 0. The molecule has 0 aliphatic rings. The molecule has 0 atom stereocenters. The van der Waals surface area contributed by atoms with Crippen LogP contribution in [0.5, 0.6) is 5.75 Å². The lowest BCUT2D eigenvalue weighted by Crippen LogP contribution is -2.09. The van der Waals surface area contributed by atoms with Gasteiger partial charge in [-0.3, -0.25) is 4.57 Å². The molecule has 0 amide bonds. The van der Waals surface area contributed by atoms with E-state index in [1.807, 2.05) is 41.8 Å². The molecule has 0 unspecified atom stereocenters. The summed E-state index contributed by atoms with van der Waals surface area (Å²) >= 11 is 1.56. The minimum Gasteiger partial charge on any atom is -0.497 e. The first-order chi connectivity index (χ1) is 12.2. The summed E-state index contributed by atoms with van der Waals surface area (Å²) in [6.45, 7) is 2.56. The van der Waals surface area contributed by atoms with Crippen LogP contribution >= 0.6 is 24.2 Å². The molecule has 0 bridgehead atoms. The first-order valence-electron chi connectivity index (χ1n) is 8.11. The lowest BCUT2D eigenvalue weighted by Gasteiger charge is -2.10. The van der Waals surface area contributed by atoms with Crippen LogP contribution in [0.4, 0.5) is 0 Å². The average molecular weight is 396 g/mol. The number of hydrogen-bond acceptors (Lipinski definition) is 7. The smallest absolute Gasteiger partial charge is 0.196 e. The maximum Gasteiger partial charge on any atom is 0.196 e. The fourth-order valence-corrected chi connectivity index (χ4v) is 3.25. The van der Waals surface area contributed by atoms with Crippen LogP contribution in [0.1, 0.15) is 24.2 Å². The standard InChI is InChI=1S/C17H21N5O2S.ClH/c1-3-12-10-15(24-21-12)11-25-17-20-19-16(8-9-18)22(17)13-4-6-14(23-2)7-5-13;/h4-7,10H,3,8-9,11,18H2,1-2H3;1H. The third kappa shape index (κ3) is 4.57. The predicted molar refractivity (Wildman–Crippen MR) is 103 cm³/mol. The van der Waals surface area contributed by atoms with Gasteiger partial charge in [0.25, 0.3) is 0 Å². The van der Waals surface area contributed by atoms with Crippen LogP contribution in [0.2, 0.25) is 0 Å². The van der Waals surface area contributed by atoms with Gasteiger partial charge in [0.05, 0.1) is 18.6 Å². The van der Waals surface area contributed by atoms with Crippen molar-refractivity contribution in [2.75, 3.05) is 13.7 Å². The molecule has 2 N–H and O–H groups in total. The summed E-state index contributed by atoms with van der Waals surface area (Å²) in [5.41, 5.74) is 7.64. The SMILES string of the molecule is CCc1cc(CSc2nnc(CCN)n2-c2ccc(OC)cc2)on1.Cl. The van der Waals surface area contributed by atoms with E-state index < -0.39 is 0 Å². The number of hydrogen-bond donors (Lipinski definition) is 1. The van der Waals surface area contributed by atoms with Crippen molar-refractivity contribution in [3.8, 4) is 11.4 Å². The number of nitrogens with zero attached hydrogens (tertiary/aromatic N) is 4. The molecule has 1 aromatic carbocycles. The summed E-state index contributed by atoms with van der Waals surface area (Å²) in [6, 6.07) is 9.77. The summed E-state index contributed by atoms with van der Waals surface area (Å²) in [5, 5.41) is 13.4. The number of thioether (sulfide) groups is 1. The van der Waals surface area contributed by atoms with E-state index in [1.54, 1.807) is 18.9 Å². The summed E-state index contributed by atoms with van der Waals surface area (Å²) in [5.74, 6) is 3.11. The summed E-state index contributed by atoms with van der Waals surface area (Å²) in [7, 11) is 1.65. The van der Waals surface area contributed by atoms with Crippen molar-refractivity contribution in [2.45, 2.75) is 30.7 Å². The maximum absolute atomic E-state index is 5.71. The number of halogens is 1. The van der Waals surface area contributed by atoms with E-state index in [0.717, 1.165) is 40.3 Å². The van der Waals surface area contributed by atoms with Gasteiger partial charge in [0, 0.05) is 18.2 Å². The molecule has 9 heteroatoms. The molecule has 7 nitrogen and oxygen atoms in total. The van der Waals surface area contributed by atoms with Gasteiger partial charge in [-0.2, -0.15) is 0 Å². The molecule has 0 aliphatic heterocycles. The first kappa shape index (κ1) is 20.3. The molecule has 0 saturated carbocycles. The van der Waals surface area contributed by atoms with Crippen molar-refractivity contribution in [3.63, 3.8) is 0 Å². The highest BCUT2D eigenvalue weighted by atomic mass is 35.5. The van der Waals surface area contributed by atoms with E-state index in [0.29, 0.717) is 18.7 Å². The van der Waals surface area contributed by atoms with E-state index in [4.69, 9.17) is 15.0 Å². The van der Waals surface area contributed by atoms with Crippen molar-refractivity contribution < 1.29 is 9.26 Å². The zero-order valence-electron chi connectivity index (χ0n) is 14.7. The number of aryl methyl sites for hydroxylation is 1. The van der Waals surface area contributed by atoms with E-state index in [-0.39, 0.29) is 12.4 Å². The molecule has 3 aromatic rings. The number of nitrogens with two attached hydrogens (primary N) is 1. The zero-order valence-corrected chi connectivity index (χ0v) is 16.3. The molecule has 140 valence electrons. The van der Waals surface area contributed by atoms with Gasteiger partial charge >= 0.3 is 0 Å². The third-order valence-corrected chi connectivity index (χ3v) is 4.66. The van der Waals surface area contributed by atoms with Crippen LogP contribution in [-0.4, -0.2) is 33.6 Å². The Labute approximate surface area is 162 Å². The molecule has 0 aliphatic carbocycles. The molecule has 0 spiro atoms. The van der Waals surface area contributed by atoms with Crippen LogP contribution in [0.3, 0.4) is 0 Å². The molecule has 26 heavy (non-hydrogen) atoms. The van der Waals surface area contributed by atoms with Gasteiger partial charge < -0.3 is 15.0 Å². The Morgan fingerprint density at radius 2 is 2.00 bits per heavy atom. The fourth-order valence-electron chi connectivity index (χ4n) is 2.40. The normalized spacial score (nSPS) is 10.6. The van der Waals surface area contributed by atoms with Gasteiger partial charge in [-0.1, -0.05) is 23.8 Å². The second-order valence-corrected chi connectivity index (χ2v) is 6.34. The second-order valence-electron chi connectivity index (χ2n) is 5.40. The Bertz CT molecular complexity index is 819. The van der Waals surface area contributed by atoms with Crippen LogP contribution in [0.25, 0.3) is 5.69 Å². The summed E-state index contributed by atoms with van der Waals surface area (Å²) in [6.07, 6.45) is 1.51. The van der Waals surface area contributed by atoms with Crippen LogP contribution < -0.4 is 10.5 Å². The van der Waals surface area contributed by atoms with Gasteiger partial charge in [-0.15, -0.1) is 22.6 Å². The third-order valence-electron chi connectivity index (χ3n) is 3.71. The van der Waals surface area contributed by atoms with Crippen molar-refractivity contribution in [3.05, 3.63) is 47.6 Å². The Morgan fingerprint density at radius 1 is 1.23 bits per heavy atom. The minimum absolute atomic E-state index is 0. The van der Waals surface area contributed by atoms with Crippen LogP contribution in [-0.2, 0) is 18.6 Å². The Balaban J connectivity index is 0.00000243. The van der Waals surface area contributed by atoms with Gasteiger partial charge in [-0.05, 0) is 37.2 Å². The molecular formula is C17H22ClN5O2S. The van der Waals surface area contributed by atoms with Gasteiger partial charge in [0.15, 0.2) is 5.16 Å². The number of rotatable bonds is 8. The van der Waals surface area contributed by atoms with Crippen molar-refractivity contribution >= 4 is 24.2 Å². The predicted octanol–water partition coefficient (Wildman–Crippen LogP) is 3.04. The quantitative estimate of drug-likeness (QED) is 0.586. The Kier molecular flexibility index (Phi) is 7.50. The fraction of sp³-hybridized carbons (Fsp3) is 0.353. The van der Waals surface area contributed by atoms with Gasteiger partial charge in [0.2, 0.25) is 0 Å². The number of benzene rings is 1. The highest BCUT2D eigenvalue weighted by Crippen LogP contribution is 2.26. The van der Waals surface area contributed by atoms with E-state index in [9.17, 15) is 0 Å². The number of aromatic nitrogens is 4. The Hall–Kier alpha value is -2.03. The maximum atomic E-state index is 5.71. The molecule has 0 radical (unpaired) electrons. The number of methoxy groups -OCH3 is 1. The molecule has 0 saturated heterocycles. The molecular weight excluding hydrogens is 374 g/mol. The topological polar surface area (TPSA) is 92.0 Å². The van der Waals surface area contributed by atoms with Crippen molar-refractivity contribution in [1.82, 2.24) is 19.9 Å². The zero-order chi connectivity index (χ0) is 17.6. The lowest BCUT2D eigenvalue weighted by molar-refractivity contribution is 0.389. The second kappa shape index (κ2) is 9.61. The lowest BCUT2D eigenvalue weighted by atomic mass is 10.3. The van der Waals surface area contributed by atoms with Crippen molar-refractivity contribution in [1.29, 1.82) is 0 Å². The molecule has 2 aromatic heterocycles. The molecule has 0 fully saturated rings. The molecule has 2 heterocycles. The molecule has 3 rings (SSSR count). The van der Waals surface area contributed by atoms with Gasteiger partial charge in [0.1, 0.15) is 17.3 Å². The first-order valence-corrected chi connectivity index (χ1v) is 9.09. The van der Waals surface area contributed by atoms with Crippen LogP contribution in [0.15, 0.2) is 40.0 Å². The average Bonchev–Trinajstić information content (AvgIpc) is 3.27. The largest absolute Gasteiger partial charge is 0.497 e. The van der Waals surface area contributed by atoms with E-state index >= 15 is 0 Å². The summed E-state index contributed by atoms with van der Waals surface area (Å²) < 4.78 is 12.6. The minimum atomic E-state index is 0.